The molecule has 0 aliphatic rings. The topological polar surface area (TPSA) is 68.8 Å². The summed E-state index contributed by atoms with van der Waals surface area (Å²) in [7, 11) is 1.93. The van der Waals surface area contributed by atoms with Crippen LogP contribution in [0.4, 0.5) is 11.6 Å². The Hall–Kier alpha value is -2.04. The van der Waals surface area contributed by atoms with Gasteiger partial charge in [0.15, 0.2) is 0 Å². The highest BCUT2D eigenvalue weighted by Crippen LogP contribution is 2.11. The number of nitrogen functional groups attached to an aromatic ring is 1. The summed E-state index contributed by atoms with van der Waals surface area (Å²) in [6.07, 6.45) is 2.96. The SMILES string of the molecule is CCc1nn(C)cc1CNc1cccc(N)n1. The maximum atomic E-state index is 5.62. The van der Waals surface area contributed by atoms with Gasteiger partial charge in [-0.05, 0) is 18.6 Å². The monoisotopic (exact) mass is 231 g/mol. The van der Waals surface area contributed by atoms with E-state index >= 15 is 0 Å². The van der Waals surface area contributed by atoms with E-state index in [2.05, 4.69) is 22.3 Å². The van der Waals surface area contributed by atoms with Crippen LogP contribution < -0.4 is 11.1 Å². The van der Waals surface area contributed by atoms with E-state index in [0.29, 0.717) is 12.4 Å². The molecule has 3 N–H and O–H groups in total. The van der Waals surface area contributed by atoms with E-state index in [1.165, 1.54) is 5.56 Å². The van der Waals surface area contributed by atoms with Crippen molar-refractivity contribution in [3.63, 3.8) is 0 Å². The Labute approximate surface area is 101 Å². The molecule has 0 aliphatic heterocycles. The maximum absolute atomic E-state index is 5.62. The van der Waals surface area contributed by atoms with Gasteiger partial charge in [0.2, 0.25) is 0 Å². The lowest BCUT2D eigenvalue weighted by Crippen LogP contribution is -2.03. The fourth-order valence-electron chi connectivity index (χ4n) is 1.76. The van der Waals surface area contributed by atoms with E-state index in [1.54, 1.807) is 6.07 Å². The smallest absolute Gasteiger partial charge is 0.128 e. The Morgan fingerprint density at radius 3 is 2.94 bits per heavy atom. The molecular weight excluding hydrogens is 214 g/mol. The second-order valence-electron chi connectivity index (χ2n) is 3.93. The van der Waals surface area contributed by atoms with Gasteiger partial charge in [-0.1, -0.05) is 13.0 Å². The predicted octanol–water partition coefficient (Wildman–Crippen LogP) is 1.57. The van der Waals surface area contributed by atoms with Crippen LogP contribution in [0, 0.1) is 0 Å². The minimum Gasteiger partial charge on any atom is -0.384 e. The molecule has 2 rings (SSSR count). The van der Waals surface area contributed by atoms with E-state index < -0.39 is 0 Å². The van der Waals surface area contributed by atoms with Gasteiger partial charge < -0.3 is 11.1 Å². The summed E-state index contributed by atoms with van der Waals surface area (Å²) in [6.45, 7) is 2.82. The molecule has 0 saturated carbocycles. The number of hydrogen-bond donors (Lipinski definition) is 2. The van der Waals surface area contributed by atoms with Crippen LogP contribution >= 0.6 is 0 Å². The number of pyridine rings is 1. The molecule has 0 saturated heterocycles. The van der Waals surface area contributed by atoms with E-state index in [4.69, 9.17) is 5.73 Å². The number of anilines is 2. The number of rotatable bonds is 4. The Balaban J connectivity index is 2.06. The maximum Gasteiger partial charge on any atom is 0.128 e. The molecule has 0 spiro atoms. The summed E-state index contributed by atoms with van der Waals surface area (Å²) in [6, 6.07) is 5.56. The minimum absolute atomic E-state index is 0.525. The molecule has 0 atom stereocenters. The molecule has 0 fully saturated rings. The van der Waals surface area contributed by atoms with Gasteiger partial charge in [0, 0.05) is 25.4 Å². The highest BCUT2D eigenvalue weighted by atomic mass is 15.3. The quantitative estimate of drug-likeness (QED) is 0.838. The number of aryl methyl sites for hydroxylation is 2. The van der Waals surface area contributed by atoms with Crippen LogP contribution in [-0.2, 0) is 20.0 Å². The second-order valence-corrected chi connectivity index (χ2v) is 3.93. The Kier molecular flexibility index (Phi) is 3.27. The fourth-order valence-corrected chi connectivity index (χ4v) is 1.76. The Morgan fingerprint density at radius 1 is 1.41 bits per heavy atom. The molecule has 2 heterocycles. The summed E-state index contributed by atoms with van der Waals surface area (Å²) < 4.78 is 1.84. The van der Waals surface area contributed by atoms with Crippen LogP contribution in [0.3, 0.4) is 0 Å². The van der Waals surface area contributed by atoms with Crippen LogP contribution in [0.25, 0.3) is 0 Å². The van der Waals surface area contributed by atoms with Gasteiger partial charge in [-0.25, -0.2) is 4.98 Å². The summed E-state index contributed by atoms with van der Waals surface area (Å²) in [5.74, 6) is 1.31. The number of nitrogens with zero attached hydrogens (tertiary/aromatic N) is 3. The van der Waals surface area contributed by atoms with Crippen LogP contribution in [0.1, 0.15) is 18.2 Å². The highest BCUT2D eigenvalue weighted by Gasteiger charge is 2.05. The molecule has 0 radical (unpaired) electrons. The summed E-state index contributed by atoms with van der Waals surface area (Å²) >= 11 is 0. The molecule has 5 nitrogen and oxygen atoms in total. The normalized spacial score (nSPS) is 10.5. The van der Waals surface area contributed by atoms with Gasteiger partial charge in [0.05, 0.1) is 5.69 Å². The van der Waals surface area contributed by atoms with E-state index in [1.807, 2.05) is 30.1 Å². The van der Waals surface area contributed by atoms with Crippen molar-refractivity contribution in [3.05, 3.63) is 35.7 Å². The van der Waals surface area contributed by atoms with Crippen LogP contribution in [0.2, 0.25) is 0 Å². The number of nitrogens with two attached hydrogens (primary N) is 1. The van der Waals surface area contributed by atoms with E-state index in [-0.39, 0.29) is 0 Å². The molecule has 2 aromatic heterocycles. The molecule has 90 valence electrons. The molecule has 0 aromatic carbocycles. The first kappa shape index (κ1) is 11.4. The van der Waals surface area contributed by atoms with Crippen molar-refractivity contribution in [3.8, 4) is 0 Å². The highest BCUT2D eigenvalue weighted by molar-refractivity contribution is 5.42. The third-order valence-corrected chi connectivity index (χ3v) is 2.56. The predicted molar refractivity (Wildman–Crippen MR) is 68.6 cm³/mol. The lowest BCUT2D eigenvalue weighted by Gasteiger charge is -2.05. The van der Waals surface area contributed by atoms with Gasteiger partial charge in [-0.2, -0.15) is 5.10 Å². The first-order valence-electron chi connectivity index (χ1n) is 5.67. The molecule has 2 aromatic rings. The second kappa shape index (κ2) is 4.86. The lowest BCUT2D eigenvalue weighted by atomic mass is 10.2. The third-order valence-electron chi connectivity index (χ3n) is 2.56. The number of nitrogens with one attached hydrogen (secondary N) is 1. The molecule has 0 unspecified atom stereocenters. The summed E-state index contributed by atoms with van der Waals surface area (Å²) in [5, 5.41) is 7.64. The molecule has 0 aliphatic carbocycles. The summed E-state index contributed by atoms with van der Waals surface area (Å²) in [5.41, 5.74) is 7.93. The van der Waals surface area contributed by atoms with E-state index in [9.17, 15) is 0 Å². The van der Waals surface area contributed by atoms with Crippen molar-refractivity contribution in [2.75, 3.05) is 11.1 Å². The molecule has 0 amide bonds. The van der Waals surface area contributed by atoms with Crippen molar-refractivity contribution < 1.29 is 0 Å². The zero-order chi connectivity index (χ0) is 12.3. The standard InChI is InChI=1S/C12H17N5/c1-3-10-9(8-17(2)16-10)7-14-12-6-4-5-11(13)15-12/h4-6,8H,3,7H2,1-2H3,(H3,13,14,15). The molecule has 17 heavy (non-hydrogen) atoms. The third kappa shape index (κ3) is 2.75. The molecular formula is C12H17N5. The van der Waals surface area contributed by atoms with E-state index in [0.717, 1.165) is 17.9 Å². The zero-order valence-corrected chi connectivity index (χ0v) is 10.1. The van der Waals surface area contributed by atoms with Gasteiger partial charge in [-0.3, -0.25) is 4.68 Å². The van der Waals surface area contributed by atoms with Gasteiger partial charge in [0.1, 0.15) is 11.6 Å². The Morgan fingerprint density at radius 2 is 2.24 bits per heavy atom. The van der Waals surface area contributed by atoms with Crippen molar-refractivity contribution >= 4 is 11.6 Å². The largest absolute Gasteiger partial charge is 0.384 e. The van der Waals surface area contributed by atoms with Crippen molar-refractivity contribution in [1.29, 1.82) is 0 Å². The number of hydrogen-bond acceptors (Lipinski definition) is 4. The average Bonchev–Trinajstić information content (AvgIpc) is 2.67. The van der Waals surface area contributed by atoms with Crippen molar-refractivity contribution in [2.45, 2.75) is 19.9 Å². The first-order valence-corrected chi connectivity index (χ1v) is 5.67. The molecule has 5 heteroatoms. The van der Waals surface area contributed by atoms with Crippen molar-refractivity contribution in [2.24, 2.45) is 7.05 Å². The Bertz CT molecular complexity index is 503. The fraction of sp³-hybridized carbons (Fsp3) is 0.333. The van der Waals surface area contributed by atoms with Gasteiger partial charge in [-0.15, -0.1) is 0 Å². The van der Waals surface area contributed by atoms with Crippen LogP contribution in [0.5, 0.6) is 0 Å². The zero-order valence-electron chi connectivity index (χ0n) is 10.1. The van der Waals surface area contributed by atoms with Crippen LogP contribution in [-0.4, -0.2) is 14.8 Å². The van der Waals surface area contributed by atoms with Gasteiger partial charge in [0.25, 0.3) is 0 Å². The number of aromatic nitrogens is 3. The lowest BCUT2D eigenvalue weighted by molar-refractivity contribution is 0.746. The van der Waals surface area contributed by atoms with Crippen LogP contribution in [0.15, 0.2) is 24.4 Å². The van der Waals surface area contributed by atoms with Crippen molar-refractivity contribution in [1.82, 2.24) is 14.8 Å². The first-order chi connectivity index (χ1) is 8.19. The summed E-state index contributed by atoms with van der Waals surface area (Å²) in [4.78, 5) is 4.19. The average molecular weight is 231 g/mol. The minimum atomic E-state index is 0.525. The van der Waals surface area contributed by atoms with Gasteiger partial charge >= 0.3 is 0 Å². The molecule has 0 bridgehead atoms.